The number of aromatic nitrogens is 2. The van der Waals surface area contributed by atoms with Crippen molar-refractivity contribution in [1.29, 1.82) is 0 Å². The van der Waals surface area contributed by atoms with E-state index in [-0.39, 0.29) is 12.4 Å². The smallest absolute Gasteiger partial charge is 0.0537 e. The van der Waals surface area contributed by atoms with Crippen molar-refractivity contribution >= 4 is 12.4 Å². The van der Waals surface area contributed by atoms with E-state index in [9.17, 15) is 0 Å². The van der Waals surface area contributed by atoms with E-state index in [2.05, 4.69) is 42.8 Å². The Bertz CT molecular complexity index is 334. The van der Waals surface area contributed by atoms with Crippen molar-refractivity contribution < 1.29 is 0 Å². The van der Waals surface area contributed by atoms with Crippen LogP contribution in [-0.4, -0.2) is 16.3 Å². The van der Waals surface area contributed by atoms with Gasteiger partial charge in [-0.3, -0.25) is 4.68 Å². The Labute approximate surface area is 124 Å². The fourth-order valence-corrected chi connectivity index (χ4v) is 2.23. The highest BCUT2D eigenvalue weighted by Gasteiger charge is 2.07. The predicted octanol–water partition coefficient (Wildman–Crippen LogP) is 4.25. The van der Waals surface area contributed by atoms with Crippen molar-refractivity contribution in [1.82, 2.24) is 15.1 Å². The zero-order chi connectivity index (χ0) is 13.4. The van der Waals surface area contributed by atoms with Gasteiger partial charge in [-0.2, -0.15) is 5.10 Å². The molecule has 3 nitrogen and oxygen atoms in total. The minimum Gasteiger partial charge on any atom is -0.313 e. The van der Waals surface area contributed by atoms with Crippen LogP contribution in [0.2, 0.25) is 0 Å². The molecule has 0 fully saturated rings. The summed E-state index contributed by atoms with van der Waals surface area (Å²) in [5, 5.41) is 7.95. The van der Waals surface area contributed by atoms with Crippen molar-refractivity contribution in [3.05, 3.63) is 17.5 Å². The van der Waals surface area contributed by atoms with Crippen molar-refractivity contribution in [2.24, 2.45) is 0 Å². The molecule has 4 heteroatoms. The number of hydrogen-bond acceptors (Lipinski definition) is 2. The van der Waals surface area contributed by atoms with Gasteiger partial charge < -0.3 is 5.32 Å². The molecule has 0 aromatic carbocycles. The molecular weight excluding hydrogens is 258 g/mol. The number of nitrogens with one attached hydrogen (secondary N) is 1. The maximum Gasteiger partial charge on any atom is 0.0537 e. The second kappa shape index (κ2) is 10.3. The number of hydrogen-bond donors (Lipinski definition) is 1. The van der Waals surface area contributed by atoms with E-state index in [4.69, 9.17) is 0 Å². The number of halogens is 1. The monoisotopic (exact) mass is 287 g/mol. The van der Waals surface area contributed by atoms with Gasteiger partial charge in [-0.05, 0) is 33.7 Å². The van der Waals surface area contributed by atoms with Crippen LogP contribution in [0.15, 0.2) is 6.20 Å². The van der Waals surface area contributed by atoms with Crippen LogP contribution in [0, 0.1) is 6.92 Å². The first kappa shape index (κ1) is 18.5. The van der Waals surface area contributed by atoms with Crippen LogP contribution in [0.25, 0.3) is 0 Å². The largest absolute Gasteiger partial charge is 0.313 e. The van der Waals surface area contributed by atoms with Crippen LogP contribution in [-0.2, 0) is 6.54 Å². The summed E-state index contributed by atoms with van der Waals surface area (Å²) >= 11 is 0. The Hall–Kier alpha value is -0.540. The molecule has 0 saturated heterocycles. The van der Waals surface area contributed by atoms with Crippen molar-refractivity contribution in [3.8, 4) is 0 Å². The number of rotatable bonds is 9. The Kier molecular flexibility index (Phi) is 9.98. The highest BCUT2D eigenvalue weighted by molar-refractivity contribution is 5.85. The van der Waals surface area contributed by atoms with Crippen LogP contribution in [0.1, 0.15) is 70.2 Å². The molecule has 1 aromatic rings. The van der Waals surface area contributed by atoms with E-state index >= 15 is 0 Å². The van der Waals surface area contributed by atoms with Gasteiger partial charge in [-0.25, -0.2) is 0 Å². The standard InChI is InChI=1S/C15H29N3.ClH/c1-5-6-7-8-9-10-16-11-15-12-17-18(13(2)3)14(15)4;/h12-13,16H,5-11H2,1-4H3;1H. The lowest BCUT2D eigenvalue weighted by Crippen LogP contribution is -2.15. The normalized spacial score (nSPS) is 10.8. The topological polar surface area (TPSA) is 29.9 Å². The lowest BCUT2D eigenvalue weighted by molar-refractivity contribution is 0.517. The Morgan fingerprint density at radius 2 is 1.89 bits per heavy atom. The second-order valence-electron chi connectivity index (χ2n) is 5.38. The quantitative estimate of drug-likeness (QED) is 0.688. The lowest BCUT2D eigenvalue weighted by atomic mass is 10.1. The Morgan fingerprint density at radius 3 is 2.47 bits per heavy atom. The first-order valence-electron chi connectivity index (χ1n) is 7.40. The van der Waals surface area contributed by atoms with Gasteiger partial charge >= 0.3 is 0 Å². The first-order valence-corrected chi connectivity index (χ1v) is 7.40. The molecule has 0 spiro atoms. The molecule has 1 heterocycles. The fraction of sp³-hybridized carbons (Fsp3) is 0.800. The summed E-state index contributed by atoms with van der Waals surface area (Å²) in [6, 6.07) is 0.452. The van der Waals surface area contributed by atoms with Gasteiger partial charge in [0.1, 0.15) is 0 Å². The van der Waals surface area contributed by atoms with Crippen LogP contribution in [0.3, 0.4) is 0 Å². The van der Waals surface area contributed by atoms with Gasteiger partial charge in [0.2, 0.25) is 0 Å². The molecule has 1 aromatic heterocycles. The maximum atomic E-state index is 4.43. The third-order valence-electron chi connectivity index (χ3n) is 3.41. The summed E-state index contributed by atoms with van der Waals surface area (Å²) in [6.07, 6.45) is 8.71. The Balaban J connectivity index is 0.00000324. The molecule has 0 unspecified atom stereocenters. The van der Waals surface area contributed by atoms with Gasteiger partial charge in [0.15, 0.2) is 0 Å². The molecule has 19 heavy (non-hydrogen) atoms. The van der Waals surface area contributed by atoms with Crippen LogP contribution < -0.4 is 5.32 Å². The molecular formula is C15H30ClN3. The highest BCUT2D eigenvalue weighted by atomic mass is 35.5. The van der Waals surface area contributed by atoms with Gasteiger partial charge in [0, 0.05) is 23.8 Å². The van der Waals surface area contributed by atoms with E-state index in [1.807, 2.05) is 6.20 Å². The van der Waals surface area contributed by atoms with Crippen molar-refractivity contribution in [2.75, 3.05) is 6.54 Å². The zero-order valence-electron chi connectivity index (χ0n) is 12.9. The minimum atomic E-state index is 0. The molecule has 0 amide bonds. The molecule has 0 atom stereocenters. The summed E-state index contributed by atoms with van der Waals surface area (Å²) in [7, 11) is 0. The summed E-state index contributed by atoms with van der Waals surface area (Å²) in [5.41, 5.74) is 2.63. The SMILES string of the molecule is CCCCCCCNCc1cnn(C(C)C)c1C.Cl. The molecule has 0 aliphatic carbocycles. The zero-order valence-corrected chi connectivity index (χ0v) is 13.7. The minimum absolute atomic E-state index is 0. The fourth-order valence-electron chi connectivity index (χ4n) is 2.23. The average molecular weight is 288 g/mol. The van der Waals surface area contributed by atoms with E-state index in [0.29, 0.717) is 6.04 Å². The molecule has 0 bridgehead atoms. The van der Waals surface area contributed by atoms with Crippen LogP contribution in [0.5, 0.6) is 0 Å². The molecule has 0 radical (unpaired) electrons. The molecule has 112 valence electrons. The van der Waals surface area contributed by atoms with Crippen LogP contribution >= 0.6 is 12.4 Å². The van der Waals surface area contributed by atoms with E-state index in [1.54, 1.807) is 0 Å². The summed E-state index contributed by atoms with van der Waals surface area (Å²) in [6.45, 7) is 10.8. The number of unbranched alkanes of at least 4 members (excludes halogenated alkanes) is 4. The van der Waals surface area contributed by atoms with E-state index in [0.717, 1.165) is 13.1 Å². The summed E-state index contributed by atoms with van der Waals surface area (Å²) in [5.74, 6) is 0. The Morgan fingerprint density at radius 1 is 1.21 bits per heavy atom. The van der Waals surface area contributed by atoms with E-state index < -0.39 is 0 Å². The molecule has 0 saturated carbocycles. The molecule has 0 aliphatic heterocycles. The van der Waals surface area contributed by atoms with Gasteiger partial charge in [0.05, 0.1) is 6.20 Å². The lowest BCUT2D eigenvalue weighted by Gasteiger charge is -2.09. The highest BCUT2D eigenvalue weighted by Crippen LogP contribution is 2.12. The second-order valence-corrected chi connectivity index (χ2v) is 5.38. The van der Waals surface area contributed by atoms with E-state index in [1.165, 1.54) is 43.4 Å². The maximum absolute atomic E-state index is 4.43. The molecule has 1 N–H and O–H groups in total. The first-order chi connectivity index (χ1) is 8.66. The van der Waals surface area contributed by atoms with Gasteiger partial charge in [0.25, 0.3) is 0 Å². The van der Waals surface area contributed by atoms with Gasteiger partial charge in [-0.15, -0.1) is 12.4 Å². The van der Waals surface area contributed by atoms with Crippen LogP contribution in [0.4, 0.5) is 0 Å². The van der Waals surface area contributed by atoms with Gasteiger partial charge in [-0.1, -0.05) is 32.6 Å². The van der Waals surface area contributed by atoms with Crippen molar-refractivity contribution in [2.45, 2.75) is 72.4 Å². The average Bonchev–Trinajstić information content (AvgIpc) is 2.70. The van der Waals surface area contributed by atoms with Crippen molar-refractivity contribution in [3.63, 3.8) is 0 Å². The number of nitrogens with zero attached hydrogens (tertiary/aromatic N) is 2. The third kappa shape index (κ3) is 6.44. The predicted molar refractivity (Wildman–Crippen MR) is 85.1 cm³/mol. The molecule has 0 aliphatic rings. The summed E-state index contributed by atoms with van der Waals surface area (Å²) in [4.78, 5) is 0. The summed E-state index contributed by atoms with van der Waals surface area (Å²) < 4.78 is 2.10. The third-order valence-corrected chi connectivity index (χ3v) is 3.41. The molecule has 1 rings (SSSR count).